The van der Waals surface area contributed by atoms with Crippen LogP contribution in [0, 0.1) is 24.0 Å². The molecule has 1 unspecified atom stereocenters. The number of nitro groups is 1. The van der Waals surface area contributed by atoms with Crippen LogP contribution in [-0.4, -0.2) is 84.9 Å². The lowest BCUT2D eigenvalue weighted by Crippen LogP contribution is -2.50. The molecule has 4 aromatic carbocycles. The van der Waals surface area contributed by atoms with Crippen molar-refractivity contribution in [3.05, 3.63) is 157 Å². The maximum Gasteiger partial charge on any atom is 0.333 e. The molecule has 5 aromatic rings. The predicted octanol–water partition coefficient (Wildman–Crippen LogP) is 5.20. The molecule has 0 radical (unpaired) electrons. The molecule has 0 aliphatic heterocycles. The fraction of sp³-hybridized carbons (Fsp3) is 0.227. The number of sulfonamides is 1. The Morgan fingerprint density at radius 2 is 1.68 bits per heavy atom. The van der Waals surface area contributed by atoms with Crippen LogP contribution in [0.1, 0.15) is 63.1 Å². The van der Waals surface area contributed by atoms with E-state index in [2.05, 4.69) is 35.8 Å². The van der Waals surface area contributed by atoms with Gasteiger partial charge in [-0.05, 0) is 92.4 Å². The van der Waals surface area contributed by atoms with Gasteiger partial charge < -0.3 is 20.7 Å². The molecule has 1 heterocycles. The van der Waals surface area contributed by atoms with E-state index in [0.717, 1.165) is 18.2 Å². The number of nitro benzene ring substituents is 1. The summed E-state index contributed by atoms with van der Waals surface area (Å²) in [4.78, 5) is 79.0. The number of ketones is 1. The number of azide groups is 1. The van der Waals surface area contributed by atoms with Gasteiger partial charge in [0.15, 0.2) is 16.7 Å². The number of rotatable bonds is 20. The quantitative estimate of drug-likeness (QED) is 0.00906. The maximum atomic E-state index is 13.8. The number of benzene rings is 4. The summed E-state index contributed by atoms with van der Waals surface area (Å²) >= 11 is 0. The first-order valence-electron chi connectivity index (χ1n) is 19.9. The molecule has 4 N–H and O–H groups in total. The molecule has 0 bridgehead atoms. The van der Waals surface area contributed by atoms with E-state index >= 15 is 0 Å². The van der Waals surface area contributed by atoms with E-state index < -0.39 is 67.8 Å². The van der Waals surface area contributed by atoms with Crippen molar-refractivity contribution in [2.24, 2.45) is 5.11 Å². The van der Waals surface area contributed by atoms with Crippen molar-refractivity contribution in [2.75, 3.05) is 26.2 Å². The van der Waals surface area contributed by atoms with Crippen molar-refractivity contribution < 1.29 is 42.1 Å². The van der Waals surface area contributed by atoms with Crippen LogP contribution >= 0.6 is 0 Å². The average Bonchev–Trinajstić information content (AvgIpc) is 3.59. The topological polar surface area (TPSA) is 287 Å². The number of nitrogens with one attached hydrogen (secondary N) is 4. The van der Waals surface area contributed by atoms with Crippen LogP contribution in [0.3, 0.4) is 0 Å². The Hall–Kier alpha value is -8.00. The van der Waals surface area contributed by atoms with Gasteiger partial charge in [-0.1, -0.05) is 59.7 Å². The standard InChI is InChI=1S/C44H44N10O10S/c1-5-64-44(59)41(40-27(2)51-53(28(40)3)33-14-7-6-8-15-33)50-43(58)36(26-47-52-45)49-39(56)21-18-30-12-11-13-32(24-30)35-25-31(29(4)55)19-20-34(35)42(57)46-22-23-48-65(62,63)38-17-10-9-16-37(38)54(60)61/h6-21,24-25,36,41,48H,5,22-23,26H2,1-4H3,(H,46,57)(H,49,56)(H,50,58)/b21-18+/t36-,41?/m0/s1. The summed E-state index contributed by atoms with van der Waals surface area (Å²) in [6.45, 7) is 5.38. The first-order chi connectivity index (χ1) is 31.1. The third-order valence-corrected chi connectivity index (χ3v) is 11.3. The number of carbonyl (C=O) groups is 5. The number of nitrogens with zero attached hydrogens (tertiary/aromatic N) is 6. The SMILES string of the molecule is CCOC(=O)C(NC(=O)[C@H](CN=[N+]=[N-])NC(=O)/C=C/c1cccc(-c2cc(C(C)=O)ccc2C(=O)NCCNS(=O)(=O)c2ccccc2[N+](=O)[O-])c1)c1c(C)nn(-c2ccccc2)c1C. The van der Waals surface area contributed by atoms with Crippen LogP contribution in [0.5, 0.6) is 0 Å². The zero-order chi connectivity index (χ0) is 47.3. The Morgan fingerprint density at radius 1 is 0.954 bits per heavy atom. The molecule has 20 nitrogen and oxygen atoms in total. The van der Waals surface area contributed by atoms with E-state index in [1.54, 1.807) is 49.7 Å². The van der Waals surface area contributed by atoms with Gasteiger partial charge in [-0.15, -0.1) is 0 Å². The van der Waals surface area contributed by atoms with Crippen molar-refractivity contribution in [1.29, 1.82) is 0 Å². The number of aromatic nitrogens is 2. The van der Waals surface area contributed by atoms with Gasteiger partial charge in [-0.2, -0.15) is 5.10 Å². The number of amides is 3. The highest BCUT2D eigenvalue weighted by Crippen LogP contribution is 2.28. The Kier molecular flexibility index (Phi) is 16.2. The van der Waals surface area contributed by atoms with E-state index in [0.29, 0.717) is 44.9 Å². The number of aryl methyl sites for hydroxylation is 1. The first-order valence-corrected chi connectivity index (χ1v) is 21.4. The molecule has 3 amide bonds. The molecule has 0 aliphatic carbocycles. The monoisotopic (exact) mass is 904 g/mol. The van der Waals surface area contributed by atoms with E-state index in [9.17, 15) is 42.5 Å². The summed E-state index contributed by atoms with van der Waals surface area (Å²) in [6, 6.07) is 22.2. The van der Waals surface area contributed by atoms with Crippen molar-refractivity contribution in [3.63, 3.8) is 0 Å². The van der Waals surface area contributed by atoms with Crippen molar-refractivity contribution >= 4 is 51.3 Å². The van der Waals surface area contributed by atoms with Gasteiger partial charge in [-0.3, -0.25) is 29.3 Å². The molecule has 0 saturated carbocycles. The van der Waals surface area contributed by atoms with Crippen LogP contribution in [0.25, 0.3) is 33.3 Å². The Balaban J connectivity index is 1.32. The maximum absolute atomic E-state index is 13.8. The van der Waals surface area contributed by atoms with Gasteiger partial charge in [0.25, 0.3) is 11.6 Å². The summed E-state index contributed by atoms with van der Waals surface area (Å²) in [5, 5.41) is 27.2. The lowest BCUT2D eigenvalue weighted by molar-refractivity contribution is -0.387. The minimum atomic E-state index is -4.30. The van der Waals surface area contributed by atoms with Gasteiger partial charge in [0.1, 0.15) is 6.04 Å². The second-order valence-corrected chi connectivity index (χ2v) is 15.9. The average molecular weight is 905 g/mol. The van der Waals surface area contributed by atoms with E-state index in [4.69, 9.17) is 10.3 Å². The molecule has 0 saturated heterocycles. The second kappa shape index (κ2) is 21.9. The number of ether oxygens (including phenoxy) is 1. The van der Waals surface area contributed by atoms with Gasteiger partial charge >= 0.3 is 5.97 Å². The highest BCUT2D eigenvalue weighted by atomic mass is 32.2. The minimum absolute atomic E-state index is 0.0105. The van der Waals surface area contributed by atoms with E-state index in [1.165, 1.54) is 43.3 Å². The van der Waals surface area contributed by atoms with Gasteiger partial charge in [0.05, 0.1) is 29.5 Å². The molecule has 0 spiro atoms. The third kappa shape index (κ3) is 12.1. The summed E-state index contributed by atoms with van der Waals surface area (Å²) < 4.78 is 34.8. The van der Waals surface area contributed by atoms with Crippen LogP contribution < -0.4 is 20.7 Å². The Bertz CT molecular complexity index is 2820. The van der Waals surface area contributed by atoms with E-state index in [-0.39, 0.29) is 31.0 Å². The zero-order valence-electron chi connectivity index (χ0n) is 35.5. The van der Waals surface area contributed by atoms with Gasteiger partial charge in [-0.25, -0.2) is 22.6 Å². The Morgan fingerprint density at radius 3 is 2.37 bits per heavy atom. The summed E-state index contributed by atoms with van der Waals surface area (Å²) in [5.41, 5.74) is 12.2. The van der Waals surface area contributed by atoms with Crippen LogP contribution in [0.2, 0.25) is 0 Å². The lowest BCUT2D eigenvalue weighted by atomic mass is 9.94. The fourth-order valence-corrected chi connectivity index (χ4v) is 7.90. The first kappa shape index (κ1) is 48.0. The number of hydrogen-bond donors (Lipinski definition) is 4. The molecule has 21 heteroatoms. The van der Waals surface area contributed by atoms with Crippen molar-refractivity contribution in [1.82, 2.24) is 30.5 Å². The summed E-state index contributed by atoms with van der Waals surface area (Å²) in [5.74, 6) is -3.29. The number of carbonyl (C=O) groups excluding carboxylic acids is 5. The van der Waals surface area contributed by atoms with Gasteiger partial charge in [0.2, 0.25) is 21.8 Å². The van der Waals surface area contributed by atoms with Crippen molar-refractivity contribution in [3.8, 4) is 16.8 Å². The smallest absolute Gasteiger partial charge is 0.333 e. The van der Waals surface area contributed by atoms with Gasteiger partial charge in [0, 0.05) is 52.5 Å². The fourth-order valence-electron chi connectivity index (χ4n) is 6.69. The highest BCUT2D eigenvalue weighted by Gasteiger charge is 2.33. The molecule has 336 valence electrons. The normalized spacial score (nSPS) is 12.1. The van der Waals surface area contributed by atoms with Crippen LogP contribution in [0.15, 0.2) is 113 Å². The molecular weight excluding hydrogens is 861 g/mol. The predicted molar refractivity (Wildman–Crippen MR) is 238 cm³/mol. The molecule has 0 aliphatic rings. The highest BCUT2D eigenvalue weighted by molar-refractivity contribution is 7.89. The number of hydrogen-bond acceptors (Lipinski definition) is 12. The summed E-state index contributed by atoms with van der Waals surface area (Å²) in [7, 11) is -4.30. The van der Waals surface area contributed by atoms with Crippen molar-refractivity contribution in [2.45, 2.75) is 44.7 Å². The van der Waals surface area contributed by atoms with Crippen LogP contribution in [0.4, 0.5) is 5.69 Å². The molecular formula is C44H44N10O10S. The molecule has 1 aromatic heterocycles. The second-order valence-electron chi connectivity index (χ2n) is 14.2. The zero-order valence-corrected chi connectivity index (χ0v) is 36.4. The Labute approximate surface area is 372 Å². The summed E-state index contributed by atoms with van der Waals surface area (Å²) in [6.07, 6.45) is 2.55. The molecule has 5 rings (SSSR count). The molecule has 65 heavy (non-hydrogen) atoms. The number of para-hydroxylation sites is 2. The molecule has 2 atom stereocenters. The third-order valence-electron chi connectivity index (χ3n) is 9.76. The minimum Gasteiger partial charge on any atom is -0.464 e. The van der Waals surface area contributed by atoms with E-state index in [1.807, 2.05) is 30.3 Å². The molecule has 0 fully saturated rings. The van der Waals surface area contributed by atoms with Crippen LogP contribution in [-0.2, 0) is 29.1 Å². The largest absolute Gasteiger partial charge is 0.464 e. The number of esters is 1. The lowest BCUT2D eigenvalue weighted by Gasteiger charge is -2.22. The number of Topliss-reactive ketones (excluding diaryl/α,β-unsaturated/α-hetero) is 1.